The van der Waals surface area contributed by atoms with E-state index < -0.39 is 10.0 Å². The van der Waals surface area contributed by atoms with Gasteiger partial charge in [0.15, 0.2) is 11.6 Å². The molecule has 0 amide bonds. The van der Waals surface area contributed by atoms with Gasteiger partial charge in [0.05, 0.1) is 4.90 Å². The zero-order valence-electron chi connectivity index (χ0n) is 12.6. The van der Waals surface area contributed by atoms with Crippen molar-refractivity contribution in [3.8, 4) is 11.6 Å². The van der Waals surface area contributed by atoms with Gasteiger partial charge in [0.1, 0.15) is 5.76 Å². The molecule has 7 heteroatoms. The van der Waals surface area contributed by atoms with E-state index in [1.54, 1.807) is 18.3 Å². The first-order chi connectivity index (χ1) is 11.0. The van der Waals surface area contributed by atoms with Gasteiger partial charge in [-0.2, -0.15) is 0 Å². The molecule has 3 aromatic rings. The molecule has 0 aliphatic carbocycles. The highest BCUT2D eigenvalue weighted by Crippen LogP contribution is 2.22. The van der Waals surface area contributed by atoms with Gasteiger partial charge in [-0.05, 0) is 29.8 Å². The van der Waals surface area contributed by atoms with E-state index in [4.69, 9.17) is 9.56 Å². The van der Waals surface area contributed by atoms with Crippen LogP contribution in [-0.2, 0) is 23.0 Å². The van der Waals surface area contributed by atoms with Gasteiger partial charge in [0.2, 0.25) is 10.0 Å². The van der Waals surface area contributed by atoms with Crippen molar-refractivity contribution < 1.29 is 12.8 Å². The van der Waals surface area contributed by atoms with Crippen LogP contribution in [-0.4, -0.2) is 18.0 Å². The van der Waals surface area contributed by atoms with Crippen LogP contribution in [0.15, 0.2) is 58.1 Å². The van der Waals surface area contributed by atoms with Crippen LogP contribution in [0.4, 0.5) is 0 Å². The highest BCUT2D eigenvalue weighted by molar-refractivity contribution is 7.89. The molecule has 0 aliphatic heterocycles. The van der Waals surface area contributed by atoms with Crippen LogP contribution in [0.25, 0.3) is 11.6 Å². The smallest absolute Gasteiger partial charge is 0.238 e. The quantitative estimate of drug-likeness (QED) is 0.777. The number of imidazole rings is 1. The lowest BCUT2D eigenvalue weighted by Crippen LogP contribution is -2.12. The van der Waals surface area contributed by atoms with Gasteiger partial charge in [-0.3, -0.25) is 0 Å². The largest absolute Gasteiger partial charge is 0.458 e. The fraction of sp³-hybridized carbons (Fsp3) is 0.188. The van der Waals surface area contributed by atoms with Crippen molar-refractivity contribution in [3.05, 3.63) is 60.1 Å². The Kier molecular flexibility index (Phi) is 4.06. The van der Waals surface area contributed by atoms with Crippen LogP contribution in [0.1, 0.15) is 18.2 Å². The summed E-state index contributed by atoms with van der Waals surface area (Å²) in [6, 6.07) is 10.3. The van der Waals surface area contributed by atoms with Crippen LogP contribution in [0.2, 0.25) is 0 Å². The summed E-state index contributed by atoms with van der Waals surface area (Å²) < 4.78 is 30.3. The van der Waals surface area contributed by atoms with Crippen LogP contribution in [0.5, 0.6) is 0 Å². The molecule has 3 rings (SSSR count). The number of hydrogen-bond acceptors (Lipinski definition) is 4. The van der Waals surface area contributed by atoms with Gasteiger partial charge < -0.3 is 8.98 Å². The summed E-state index contributed by atoms with van der Waals surface area (Å²) in [5, 5.41) is 5.10. The fourth-order valence-corrected chi connectivity index (χ4v) is 2.85. The van der Waals surface area contributed by atoms with Gasteiger partial charge in [-0.1, -0.05) is 19.1 Å². The molecule has 0 spiro atoms. The molecule has 0 unspecified atom stereocenters. The van der Waals surface area contributed by atoms with E-state index in [9.17, 15) is 8.42 Å². The van der Waals surface area contributed by atoms with E-state index in [1.165, 1.54) is 12.1 Å². The molecule has 23 heavy (non-hydrogen) atoms. The molecule has 0 aliphatic rings. The molecule has 0 bridgehead atoms. The van der Waals surface area contributed by atoms with Crippen molar-refractivity contribution >= 4 is 10.0 Å². The summed E-state index contributed by atoms with van der Waals surface area (Å²) in [6.45, 7) is 2.59. The molecule has 0 fully saturated rings. The maximum atomic E-state index is 11.3. The average Bonchev–Trinajstić information content (AvgIpc) is 3.15. The standard InChI is InChI=1S/C16H17N3O3S/c1-2-13-5-8-15(22-13)16-18-9-10-19(16)11-12-3-6-14(7-4-12)23(17,20)21/h3-10H,2,11H2,1H3,(H2,17,20,21). The summed E-state index contributed by atoms with van der Waals surface area (Å²) in [7, 11) is -3.67. The molecule has 120 valence electrons. The number of benzene rings is 1. The number of aryl methyl sites for hydroxylation is 1. The molecule has 2 N–H and O–H groups in total. The van der Waals surface area contributed by atoms with Crippen molar-refractivity contribution in [1.82, 2.24) is 9.55 Å². The summed E-state index contributed by atoms with van der Waals surface area (Å²) in [5.41, 5.74) is 0.943. The maximum Gasteiger partial charge on any atom is 0.238 e. The highest BCUT2D eigenvalue weighted by atomic mass is 32.2. The Morgan fingerprint density at radius 3 is 2.52 bits per heavy atom. The number of hydrogen-bond donors (Lipinski definition) is 1. The highest BCUT2D eigenvalue weighted by Gasteiger charge is 2.11. The Labute approximate surface area is 134 Å². The minimum absolute atomic E-state index is 0.103. The maximum absolute atomic E-state index is 11.3. The first kappa shape index (κ1) is 15.5. The third-order valence-electron chi connectivity index (χ3n) is 3.55. The Bertz CT molecular complexity index is 908. The molecule has 2 heterocycles. The van der Waals surface area contributed by atoms with Gasteiger partial charge in [-0.15, -0.1) is 0 Å². The predicted molar refractivity (Wildman–Crippen MR) is 86.2 cm³/mol. The molecular weight excluding hydrogens is 314 g/mol. The van der Waals surface area contributed by atoms with Gasteiger partial charge in [0, 0.05) is 25.4 Å². The second-order valence-corrected chi connectivity index (χ2v) is 6.75. The van der Waals surface area contributed by atoms with Crippen molar-refractivity contribution in [1.29, 1.82) is 0 Å². The van der Waals surface area contributed by atoms with E-state index in [0.29, 0.717) is 12.3 Å². The van der Waals surface area contributed by atoms with E-state index in [2.05, 4.69) is 4.98 Å². The Morgan fingerprint density at radius 2 is 1.91 bits per heavy atom. The monoisotopic (exact) mass is 331 g/mol. The van der Waals surface area contributed by atoms with Gasteiger partial charge in [-0.25, -0.2) is 18.5 Å². The minimum Gasteiger partial charge on any atom is -0.458 e. The minimum atomic E-state index is -3.67. The molecule has 6 nitrogen and oxygen atoms in total. The number of sulfonamides is 1. The third-order valence-corrected chi connectivity index (χ3v) is 4.48. The van der Waals surface area contributed by atoms with Crippen molar-refractivity contribution in [2.24, 2.45) is 5.14 Å². The predicted octanol–water partition coefficient (Wildman–Crippen LogP) is 2.40. The molecular formula is C16H17N3O3S. The molecule has 2 aromatic heterocycles. The first-order valence-electron chi connectivity index (χ1n) is 7.19. The third kappa shape index (κ3) is 3.35. The number of aromatic nitrogens is 2. The molecule has 1 aromatic carbocycles. The van der Waals surface area contributed by atoms with E-state index >= 15 is 0 Å². The zero-order valence-corrected chi connectivity index (χ0v) is 13.5. The summed E-state index contributed by atoms with van der Waals surface area (Å²) in [6.07, 6.45) is 4.40. The fourth-order valence-electron chi connectivity index (χ4n) is 2.33. The Hall–Kier alpha value is -2.38. The van der Waals surface area contributed by atoms with E-state index in [0.717, 1.165) is 23.6 Å². The number of rotatable bonds is 5. The summed E-state index contributed by atoms with van der Waals surface area (Å²) in [5.74, 6) is 2.36. The molecule has 0 saturated heterocycles. The second kappa shape index (κ2) is 6.02. The average molecular weight is 331 g/mol. The van der Waals surface area contributed by atoms with E-state index in [-0.39, 0.29) is 4.90 Å². The van der Waals surface area contributed by atoms with Crippen LogP contribution in [0, 0.1) is 0 Å². The zero-order chi connectivity index (χ0) is 16.4. The Morgan fingerprint density at radius 1 is 1.17 bits per heavy atom. The normalized spacial score (nSPS) is 11.7. The molecule has 0 radical (unpaired) electrons. The summed E-state index contributed by atoms with van der Waals surface area (Å²) in [4.78, 5) is 4.44. The topological polar surface area (TPSA) is 91.1 Å². The lowest BCUT2D eigenvalue weighted by molar-refractivity contribution is 0.522. The van der Waals surface area contributed by atoms with Crippen molar-refractivity contribution in [2.45, 2.75) is 24.8 Å². The number of nitrogens with two attached hydrogens (primary N) is 1. The number of primary sulfonamides is 1. The van der Waals surface area contributed by atoms with Gasteiger partial charge in [0.25, 0.3) is 0 Å². The van der Waals surface area contributed by atoms with Crippen LogP contribution in [0.3, 0.4) is 0 Å². The number of nitrogens with zero attached hydrogens (tertiary/aromatic N) is 2. The summed E-state index contributed by atoms with van der Waals surface area (Å²) >= 11 is 0. The lowest BCUT2D eigenvalue weighted by Gasteiger charge is -2.07. The molecule has 0 saturated carbocycles. The lowest BCUT2D eigenvalue weighted by atomic mass is 10.2. The van der Waals surface area contributed by atoms with Gasteiger partial charge >= 0.3 is 0 Å². The van der Waals surface area contributed by atoms with Crippen LogP contribution < -0.4 is 5.14 Å². The van der Waals surface area contributed by atoms with E-state index in [1.807, 2.05) is 29.8 Å². The van der Waals surface area contributed by atoms with Crippen LogP contribution >= 0.6 is 0 Å². The van der Waals surface area contributed by atoms with Crippen molar-refractivity contribution in [3.63, 3.8) is 0 Å². The first-order valence-corrected chi connectivity index (χ1v) is 8.74. The number of furan rings is 1. The van der Waals surface area contributed by atoms with Crippen molar-refractivity contribution in [2.75, 3.05) is 0 Å². The molecule has 0 atom stereocenters. The second-order valence-electron chi connectivity index (χ2n) is 5.19. The Balaban J connectivity index is 1.85. The SMILES string of the molecule is CCc1ccc(-c2nccn2Cc2ccc(S(N)(=O)=O)cc2)o1.